The van der Waals surface area contributed by atoms with E-state index in [1.807, 2.05) is 0 Å². The highest BCUT2D eigenvalue weighted by atomic mass is 19.3. The van der Waals surface area contributed by atoms with Gasteiger partial charge >= 0.3 is 18.1 Å². The second kappa shape index (κ2) is 4.13. The van der Waals surface area contributed by atoms with Gasteiger partial charge in [-0.3, -0.25) is 4.39 Å². The van der Waals surface area contributed by atoms with E-state index >= 15 is 0 Å². The molecule has 0 atom stereocenters. The first-order valence-corrected chi connectivity index (χ1v) is 2.64. The van der Waals surface area contributed by atoms with Crippen molar-refractivity contribution in [1.29, 1.82) is 0 Å². The van der Waals surface area contributed by atoms with Crippen LogP contribution in [0, 0.1) is 0 Å². The van der Waals surface area contributed by atoms with E-state index in [4.69, 9.17) is 0 Å². The van der Waals surface area contributed by atoms with Gasteiger partial charge in [-0.15, -0.1) is 0 Å². The lowest BCUT2D eigenvalue weighted by molar-refractivity contribution is -0.182. The van der Waals surface area contributed by atoms with Gasteiger partial charge in [-0.25, -0.2) is 0 Å². The zero-order valence-corrected chi connectivity index (χ0v) is 5.91. The highest BCUT2D eigenvalue weighted by Gasteiger charge is 2.42. The van der Waals surface area contributed by atoms with Gasteiger partial charge in [0.05, 0.1) is 7.18 Å². The monoisotopic (exact) mass is 192 g/mol. The topological polar surface area (TPSA) is 18.5 Å². The summed E-state index contributed by atoms with van der Waals surface area (Å²) in [5, 5.41) is 0. The van der Waals surface area contributed by atoms with Crippen LogP contribution in [0.3, 0.4) is 0 Å². The number of ether oxygens (including phenoxy) is 2. The number of hydrogen-bond acceptors (Lipinski definition) is 2. The predicted octanol–water partition coefficient (Wildman–Crippen LogP) is 2.28. The third-order valence-corrected chi connectivity index (χ3v) is 0.768. The zero-order chi connectivity index (χ0) is 9.78. The maximum absolute atomic E-state index is 11.8. The van der Waals surface area contributed by atoms with Gasteiger partial charge in [0.15, 0.2) is 6.61 Å². The minimum atomic E-state index is -3.61. The molecule has 7 heteroatoms. The third-order valence-electron chi connectivity index (χ3n) is 0.768. The summed E-state index contributed by atoms with van der Waals surface area (Å²) < 4.78 is 63.1. The Morgan fingerprint density at radius 1 is 1.33 bits per heavy atom. The second-order valence-corrected chi connectivity index (χ2v) is 1.58. The summed E-state index contributed by atoms with van der Waals surface area (Å²) in [6.45, 7) is -1.15. The molecule has 0 N–H and O–H groups in total. The van der Waals surface area contributed by atoms with Crippen molar-refractivity contribution in [2.24, 2.45) is 0 Å². The van der Waals surface area contributed by atoms with Crippen molar-refractivity contribution >= 4 is 0 Å². The van der Waals surface area contributed by atoms with Crippen molar-refractivity contribution < 1.29 is 31.4 Å². The molecule has 0 aromatic carbocycles. The van der Waals surface area contributed by atoms with Crippen molar-refractivity contribution in [1.82, 2.24) is 0 Å². The van der Waals surface area contributed by atoms with Crippen LogP contribution in [0.1, 0.15) is 0 Å². The summed E-state index contributed by atoms with van der Waals surface area (Å²) in [4.78, 5) is 0. The normalized spacial score (nSPS) is 18.7. The molecule has 1 aliphatic heterocycles. The van der Waals surface area contributed by atoms with Crippen molar-refractivity contribution in [2.75, 3.05) is 13.8 Å². The summed E-state index contributed by atoms with van der Waals surface area (Å²) in [6.07, 6.45) is -5.99. The lowest BCUT2D eigenvalue weighted by Gasteiger charge is -2.01. The summed E-state index contributed by atoms with van der Waals surface area (Å²) in [5.74, 6) is -1.38. The Kier molecular flexibility index (Phi) is 3.78. The first kappa shape index (κ1) is 11.0. The zero-order valence-electron chi connectivity index (χ0n) is 5.91. The molecule has 0 aromatic rings. The van der Waals surface area contributed by atoms with E-state index in [9.17, 15) is 22.0 Å². The highest BCUT2D eigenvalue weighted by molar-refractivity contribution is 4.88. The van der Waals surface area contributed by atoms with E-state index in [-0.39, 0.29) is 0 Å². The minimum absolute atomic E-state index is 0.500. The average Bonchev–Trinajstić information content (AvgIpc) is 2.35. The fraction of sp³-hybridized carbons (Fsp3) is 0.600. The van der Waals surface area contributed by atoms with E-state index in [1.54, 1.807) is 0 Å². The molecule has 0 radical (unpaired) electrons. The van der Waals surface area contributed by atoms with Gasteiger partial charge in [0.2, 0.25) is 0 Å². The number of alkyl halides is 3. The highest BCUT2D eigenvalue weighted by Crippen LogP contribution is 2.30. The molecule has 1 fully saturated rings. The molecular formula is C5H5F5O2. The maximum Gasteiger partial charge on any atom is 0.435 e. The summed E-state index contributed by atoms with van der Waals surface area (Å²) in [7, 11) is 0.500. The molecule has 0 amide bonds. The smallest absolute Gasteiger partial charge is 0.435 e. The molecule has 0 bridgehead atoms. The number of hydrogen-bond donors (Lipinski definition) is 0. The molecule has 72 valence electrons. The maximum atomic E-state index is 11.8. The molecule has 1 rings (SSSR count). The Hall–Kier alpha value is -1.01. The van der Waals surface area contributed by atoms with Gasteiger partial charge in [0.1, 0.15) is 0 Å². The first-order valence-electron chi connectivity index (χ1n) is 2.64. The SMILES string of the molecule is CF.FC(F)=C1OCC(F)(F)O1. The Balaban J connectivity index is 0.000000561. The summed E-state index contributed by atoms with van der Waals surface area (Å²) in [5.41, 5.74) is 0. The molecule has 1 heterocycles. The Morgan fingerprint density at radius 3 is 2.00 bits per heavy atom. The molecule has 0 aliphatic carbocycles. The second-order valence-electron chi connectivity index (χ2n) is 1.58. The van der Waals surface area contributed by atoms with Crippen molar-refractivity contribution in [3.8, 4) is 0 Å². The van der Waals surface area contributed by atoms with E-state index in [0.29, 0.717) is 7.18 Å². The van der Waals surface area contributed by atoms with Crippen LogP contribution in [-0.2, 0) is 9.47 Å². The third kappa shape index (κ3) is 2.93. The molecule has 2 nitrogen and oxygen atoms in total. The van der Waals surface area contributed by atoms with Gasteiger partial charge in [0.25, 0.3) is 0 Å². The van der Waals surface area contributed by atoms with E-state index in [1.165, 1.54) is 0 Å². The van der Waals surface area contributed by atoms with Crippen LogP contribution in [0.25, 0.3) is 0 Å². The molecule has 1 aliphatic rings. The van der Waals surface area contributed by atoms with Crippen LogP contribution in [0.5, 0.6) is 0 Å². The van der Waals surface area contributed by atoms with Crippen LogP contribution in [0.15, 0.2) is 12.0 Å². The van der Waals surface area contributed by atoms with Gasteiger partial charge in [-0.05, 0) is 0 Å². The average molecular weight is 192 g/mol. The van der Waals surface area contributed by atoms with Crippen LogP contribution in [-0.4, -0.2) is 19.9 Å². The van der Waals surface area contributed by atoms with Gasteiger partial charge in [-0.1, -0.05) is 0 Å². The van der Waals surface area contributed by atoms with E-state index in [0.717, 1.165) is 0 Å². The molecule has 0 saturated carbocycles. The molecule has 0 unspecified atom stereocenters. The molecule has 0 aromatic heterocycles. The van der Waals surface area contributed by atoms with Crippen molar-refractivity contribution in [3.63, 3.8) is 0 Å². The van der Waals surface area contributed by atoms with Crippen molar-refractivity contribution in [2.45, 2.75) is 6.11 Å². The van der Waals surface area contributed by atoms with E-state index in [2.05, 4.69) is 9.47 Å². The fourth-order valence-electron chi connectivity index (χ4n) is 0.437. The Morgan fingerprint density at radius 2 is 1.83 bits per heavy atom. The van der Waals surface area contributed by atoms with E-state index < -0.39 is 24.7 Å². The Labute approximate surface area is 64.6 Å². The van der Waals surface area contributed by atoms with Gasteiger partial charge in [0, 0.05) is 0 Å². The van der Waals surface area contributed by atoms with Crippen LogP contribution < -0.4 is 0 Å². The van der Waals surface area contributed by atoms with Crippen LogP contribution in [0.2, 0.25) is 0 Å². The summed E-state index contributed by atoms with van der Waals surface area (Å²) >= 11 is 0. The number of rotatable bonds is 0. The van der Waals surface area contributed by atoms with Gasteiger partial charge in [-0.2, -0.15) is 17.6 Å². The fourth-order valence-corrected chi connectivity index (χ4v) is 0.437. The number of halogens is 5. The van der Waals surface area contributed by atoms with Crippen LogP contribution >= 0.6 is 0 Å². The molecule has 0 spiro atoms. The van der Waals surface area contributed by atoms with Crippen molar-refractivity contribution in [3.05, 3.63) is 12.0 Å². The molecule has 12 heavy (non-hydrogen) atoms. The molecule has 1 saturated heterocycles. The lowest BCUT2D eigenvalue weighted by atomic mass is 10.7. The quantitative estimate of drug-likeness (QED) is 0.548. The standard InChI is InChI=1S/C4H2F4O2.CH3F/c5-2(6)3-9-1-4(7,8)10-3;1-2/h1H2;1H3. The predicted molar refractivity (Wildman–Crippen MR) is 28.3 cm³/mol. The Bertz CT molecular complexity index is 175. The van der Waals surface area contributed by atoms with Crippen LogP contribution in [0.4, 0.5) is 22.0 Å². The van der Waals surface area contributed by atoms with Gasteiger partial charge < -0.3 is 9.47 Å². The summed E-state index contributed by atoms with van der Waals surface area (Å²) in [6, 6.07) is 0. The minimum Gasteiger partial charge on any atom is -0.451 e. The first-order chi connectivity index (χ1) is 5.51. The largest absolute Gasteiger partial charge is 0.451 e. The molecular weight excluding hydrogens is 187 g/mol. The lowest BCUT2D eigenvalue weighted by Crippen LogP contribution is -2.16.